The highest BCUT2D eigenvalue weighted by Gasteiger charge is 2.36. The number of methoxy groups -OCH3 is 1. The number of benzene rings is 1. The van der Waals surface area contributed by atoms with Crippen LogP contribution >= 0.6 is 0 Å². The Balaban J connectivity index is 1.45. The molecule has 4 rings (SSSR count). The minimum Gasteiger partial charge on any atom is -0.382 e. The third-order valence-electron chi connectivity index (χ3n) is 6.27. The van der Waals surface area contributed by atoms with Gasteiger partial charge in [0.2, 0.25) is 0 Å². The summed E-state index contributed by atoms with van der Waals surface area (Å²) in [6.07, 6.45) is 2.50. The number of hydrogen-bond acceptors (Lipinski definition) is 8. The van der Waals surface area contributed by atoms with Gasteiger partial charge in [0.25, 0.3) is 5.70 Å². The molecule has 9 nitrogen and oxygen atoms in total. The van der Waals surface area contributed by atoms with Crippen LogP contribution in [-0.4, -0.2) is 85.9 Å². The molecule has 3 heterocycles. The van der Waals surface area contributed by atoms with Crippen molar-refractivity contribution < 1.29 is 14.4 Å². The van der Waals surface area contributed by atoms with Crippen molar-refractivity contribution in [2.45, 2.75) is 13.0 Å². The Bertz CT molecular complexity index is 976. The maximum Gasteiger partial charge on any atom is 0.290 e. The second kappa shape index (κ2) is 11.9. The summed E-state index contributed by atoms with van der Waals surface area (Å²) in [5.74, 6) is 0. The molecule has 0 radical (unpaired) electrons. The molecule has 1 fully saturated rings. The Morgan fingerprint density at radius 1 is 1.03 bits per heavy atom. The smallest absolute Gasteiger partial charge is 0.290 e. The molecule has 2 aromatic rings. The molecule has 0 aliphatic carbocycles. The first-order valence-electron chi connectivity index (χ1n) is 11.8. The molecule has 34 heavy (non-hydrogen) atoms. The number of fused-ring (bicyclic) bond motifs is 1. The molecule has 2 aliphatic rings. The Morgan fingerprint density at radius 2 is 1.82 bits per heavy atom. The van der Waals surface area contributed by atoms with Crippen LogP contribution in [-0.2, 0) is 16.0 Å². The van der Waals surface area contributed by atoms with Crippen LogP contribution in [0.25, 0.3) is 5.70 Å². The molecule has 0 atom stereocenters. The maximum atomic E-state index is 12.1. The van der Waals surface area contributed by atoms with E-state index in [1.807, 2.05) is 18.2 Å². The molecule has 0 unspecified atom stereocenters. The SMILES string of the molecule is COCCOCCCN1CC([N+](=O)[O-])=C(N2CCN(Cc3ccccc3)CC2)c2ncccc21. The van der Waals surface area contributed by atoms with Crippen LogP contribution in [0.5, 0.6) is 0 Å². The number of nitrogens with zero attached hydrogens (tertiary/aromatic N) is 5. The average Bonchev–Trinajstić information content (AvgIpc) is 2.87. The summed E-state index contributed by atoms with van der Waals surface area (Å²) in [5.41, 5.74) is 3.84. The van der Waals surface area contributed by atoms with Gasteiger partial charge in [0.05, 0.1) is 23.8 Å². The van der Waals surface area contributed by atoms with Gasteiger partial charge >= 0.3 is 0 Å². The van der Waals surface area contributed by atoms with E-state index >= 15 is 0 Å². The van der Waals surface area contributed by atoms with Crippen molar-refractivity contribution in [3.63, 3.8) is 0 Å². The van der Waals surface area contributed by atoms with Gasteiger partial charge in [0.15, 0.2) is 0 Å². The highest BCUT2D eigenvalue weighted by molar-refractivity contribution is 5.78. The van der Waals surface area contributed by atoms with Gasteiger partial charge in [-0.15, -0.1) is 0 Å². The summed E-state index contributed by atoms with van der Waals surface area (Å²) in [6.45, 7) is 6.72. The maximum absolute atomic E-state index is 12.1. The second-order valence-corrected chi connectivity index (χ2v) is 8.55. The van der Waals surface area contributed by atoms with Crippen molar-refractivity contribution in [1.82, 2.24) is 14.8 Å². The molecule has 1 aromatic carbocycles. The fourth-order valence-electron chi connectivity index (χ4n) is 4.56. The molecule has 0 amide bonds. The molecule has 0 saturated carbocycles. The zero-order valence-corrected chi connectivity index (χ0v) is 19.8. The van der Waals surface area contributed by atoms with Crippen LogP contribution < -0.4 is 4.90 Å². The van der Waals surface area contributed by atoms with Gasteiger partial charge in [-0.2, -0.15) is 0 Å². The summed E-state index contributed by atoms with van der Waals surface area (Å²) in [5, 5.41) is 12.1. The Hall–Kier alpha value is -3.01. The first-order valence-corrected chi connectivity index (χ1v) is 11.8. The van der Waals surface area contributed by atoms with Gasteiger partial charge in [-0.1, -0.05) is 30.3 Å². The second-order valence-electron chi connectivity index (χ2n) is 8.55. The van der Waals surface area contributed by atoms with E-state index in [4.69, 9.17) is 9.47 Å². The molecule has 0 bridgehead atoms. The Labute approximate surface area is 200 Å². The number of rotatable bonds is 11. The molecule has 1 saturated heterocycles. The van der Waals surface area contributed by atoms with Gasteiger partial charge in [-0.05, 0) is 24.1 Å². The highest BCUT2D eigenvalue weighted by atomic mass is 16.6. The van der Waals surface area contributed by atoms with E-state index < -0.39 is 0 Å². The Kier molecular flexibility index (Phi) is 8.46. The van der Waals surface area contributed by atoms with Crippen molar-refractivity contribution in [3.05, 3.63) is 75.7 Å². The predicted octanol–water partition coefficient (Wildman–Crippen LogP) is 2.72. The first kappa shape index (κ1) is 24.1. The van der Waals surface area contributed by atoms with E-state index in [9.17, 15) is 10.1 Å². The molecule has 2 aliphatic heterocycles. The lowest BCUT2D eigenvalue weighted by Crippen LogP contribution is -2.47. The number of piperazine rings is 1. The van der Waals surface area contributed by atoms with E-state index in [0.717, 1.165) is 44.8 Å². The van der Waals surface area contributed by atoms with Gasteiger partial charge in [0, 0.05) is 59.2 Å². The zero-order chi connectivity index (χ0) is 23.8. The quantitative estimate of drug-likeness (QED) is 0.283. The third-order valence-corrected chi connectivity index (χ3v) is 6.27. The number of anilines is 1. The molecule has 0 spiro atoms. The van der Waals surface area contributed by atoms with E-state index in [-0.39, 0.29) is 17.2 Å². The number of hydrogen-bond donors (Lipinski definition) is 0. The van der Waals surface area contributed by atoms with Crippen molar-refractivity contribution in [2.24, 2.45) is 0 Å². The molecule has 1 aromatic heterocycles. The first-order chi connectivity index (χ1) is 16.7. The summed E-state index contributed by atoms with van der Waals surface area (Å²) >= 11 is 0. The molecule has 182 valence electrons. The minimum absolute atomic E-state index is 0.225. The van der Waals surface area contributed by atoms with Crippen LogP contribution in [0.4, 0.5) is 5.69 Å². The van der Waals surface area contributed by atoms with Gasteiger partial charge in [-0.3, -0.25) is 20.0 Å². The monoisotopic (exact) mass is 467 g/mol. The van der Waals surface area contributed by atoms with Crippen molar-refractivity contribution in [2.75, 3.05) is 71.1 Å². The minimum atomic E-state index is -0.231. The standard InChI is InChI=1S/C25H33N5O4/c1-33-17-18-34-16-6-11-29-20-23(30(31)32)25(24-22(29)9-5-10-26-24)28-14-12-27(13-15-28)19-21-7-3-2-4-8-21/h2-5,7-10H,6,11-20H2,1H3. The van der Waals surface area contributed by atoms with E-state index in [1.54, 1.807) is 13.3 Å². The Morgan fingerprint density at radius 3 is 2.56 bits per heavy atom. The summed E-state index contributed by atoms with van der Waals surface area (Å²) in [7, 11) is 1.65. The van der Waals surface area contributed by atoms with Gasteiger partial charge in [0.1, 0.15) is 17.9 Å². The largest absolute Gasteiger partial charge is 0.382 e. The van der Waals surface area contributed by atoms with Crippen molar-refractivity contribution >= 4 is 11.4 Å². The number of nitro groups is 1. The van der Waals surface area contributed by atoms with E-state index in [0.29, 0.717) is 37.8 Å². The number of aromatic nitrogens is 1. The summed E-state index contributed by atoms with van der Waals surface area (Å²) in [4.78, 5) is 23.1. The molecule has 0 N–H and O–H groups in total. The molecule has 9 heteroatoms. The van der Waals surface area contributed by atoms with Gasteiger partial charge in [-0.25, -0.2) is 0 Å². The zero-order valence-electron chi connectivity index (χ0n) is 19.8. The fourth-order valence-corrected chi connectivity index (χ4v) is 4.56. The van der Waals surface area contributed by atoms with Crippen molar-refractivity contribution in [1.29, 1.82) is 0 Å². The molecular weight excluding hydrogens is 434 g/mol. The topological polar surface area (TPSA) is 84.2 Å². The van der Waals surface area contributed by atoms with Crippen LogP contribution in [0, 0.1) is 10.1 Å². The van der Waals surface area contributed by atoms with Gasteiger partial charge < -0.3 is 19.3 Å². The summed E-state index contributed by atoms with van der Waals surface area (Å²) in [6, 6.07) is 14.3. The van der Waals surface area contributed by atoms with Crippen LogP contribution in [0.2, 0.25) is 0 Å². The van der Waals surface area contributed by atoms with Crippen LogP contribution in [0.15, 0.2) is 54.4 Å². The van der Waals surface area contributed by atoms with E-state index in [1.165, 1.54) is 5.56 Å². The lowest BCUT2D eigenvalue weighted by molar-refractivity contribution is -0.425. The number of pyridine rings is 1. The highest BCUT2D eigenvalue weighted by Crippen LogP contribution is 2.36. The fraction of sp³-hybridized carbons (Fsp3) is 0.480. The summed E-state index contributed by atoms with van der Waals surface area (Å²) < 4.78 is 10.6. The predicted molar refractivity (Wildman–Crippen MR) is 131 cm³/mol. The van der Waals surface area contributed by atoms with Crippen molar-refractivity contribution in [3.8, 4) is 0 Å². The average molecular weight is 468 g/mol. The lowest BCUT2D eigenvalue weighted by Gasteiger charge is -2.39. The molecular formula is C25H33N5O4. The third kappa shape index (κ3) is 5.91. The normalized spacial score (nSPS) is 16.6. The number of ether oxygens (including phenoxy) is 2. The lowest BCUT2D eigenvalue weighted by atomic mass is 10.1. The van der Waals surface area contributed by atoms with E-state index in [2.05, 4.69) is 43.9 Å². The van der Waals surface area contributed by atoms with Crippen LogP contribution in [0.3, 0.4) is 0 Å². The van der Waals surface area contributed by atoms with Crippen LogP contribution in [0.1, 0.15) is 17.7 Å².